The number of rotatable bonds is 6. The number of nitrogens with zero attached hydrogens (tertiary/aromatic N) is 2. The van der Waals surface area contributed by atoms with Gasteiger partial charge in [-0.05, 0) is 40.2 Å². The van der Waals surface area contributed by atoms with E-state index in [4.69, 9.17) is 9.47 Å². The van der Waals surface area contributed by atoms with Crippen molar-refractivity contribution in [1.29, 1.82) is 0 Å². The van der Waals surface area contributed by atoms with Crippen molar-refractivity contribution in [2.75, 3.05) is 33.4 Å². The van der Waals surface area contributed by atoms with Crippen LogP contribution < -0.4 is 5.32 Å². The number of amides is 1. The molecule has 0 aromatic carbocycles. The minimum Gasteiger partial charge on any atom is -0.444 e. The van der Waals surface area contributed by atoms with Crippen molar-refractivity contribution in [2.24, 2.45) is 0 Å². The molecule has 7 heteroatoms. The molecular formula is C17H30N4O3. The van der Waals surface area contributed by atoms with Gasteiger partial charge in [0.1, 0.15) is 11.4 Å². The summed E-state index contributed by atoms with van der Waals surface area (Å²) in [6, 6.07) is 0.125. The van der Waals surface area contributed by atoms with Crippen molar-refractivity contribution in [3.05, 3.63) is 18.2 Å². The van der Waals surface area contributed by atoms with E-state index in [2.05, 4.69) is 20.2 Å². The predicted molar refractivity (Wildman–Crippen MR) is 92.0 cm³/mol. The van der Waals surface area contributed by atoms with Gasteiger partial charge in [-0.3, -0.25) is 4.90 Å². The quantitative estimate of drug-likeness (QED) is 0.831. The normalized spacial score (nSPS) is 20.6. The molecule has 0 bridgehead atoms. The molecule has 1 fully saturated rings. The number of carbonyl (C=O) groups is 1. The van der Waals surface area contributed by atoms with Gasteiger partial charge in [0.25, 0.3) is 0 Å². The Labute approximate surface area is 144 Å². The van der Waals surface area contributed by atoms with E-state index in [9.17, 15) is 4.79 Å². The van der Waals surface area contributed by atoms with Gasteiger partial charge in [0.05, 0.1) is 12.6 Å². The minimum absolute atomic E-state index is 0.125. The van der Waals surface area contributed by atoms with E-state index < -0.39 is 5.60 Å². The van der Waals surface area contributed by atoms with E-state index in [1.165, 1.54) is 0 Å². The van der Waals surface area contributed by atoms with Crippen molar-refractivity contribution in [1.82, 2.24) is 20.2 Å². The van der Waals surface area contributed by atoms with Crippen LogP contribution in [0.3, 0.4) is 0 Å². The highest BCUT2D eigenvalue weighted by molar-refractivity contribution is 5.67. The third-order valence-corrected chi connectivity index (χ3v) is 4.12. The van der Waals surface area contributed by atoms with Crippen LogP contribution in [0.5, 0.6) is 0 Å². The molecule has 24 heavy (non-hydrogen) atoms. The van der Waals surface area contributed by atoms with E-state index in [1.54, 1.807) is 13.3 Å². The zero-order chi connectivity index (χ0) is 17.6. The molecule has 0 spiro atoms. The highest BCUT2D eigenvalue weighted by Gasteiger charge is 2.28. The van der Waals surface area contributed by atoms with Gasteiger partial charge in [-0.1, -0.05) is 0 Å². The number of imidazole rings is 1. The van der Waals surface area contributed by atoms with Gasteiger partial charge in [0.2, 0.25) is 0 Å². The van der Waals surface area contributed by atoms with Crippen LogP contribution in [0.1, 0.15) is 45.4 Å². The second-order valence-corrected chi connectivity index (χ2v) is 7.30. The lowest BCUT2D eigenvalue weighted by atomic mass is 9.96. The number of methoxy groups -OCH3 is 1. The molecule has 0 radical (unpaired) electrons. The fourth-order valence-corrected chi connectivity index (χ4v) is 3.06. The lowest BCUT2D eigenvalue weighted by Gasteiger charge is -2.37. The zero-order valence-corrected chi connectivity index (χ0v) is 15.2. The van der Waals surface area contributed by atoms with Crippen LogP contribution in [0.25, 0.3) is 0 Å². The molecule has 1 aliphatic rings. The van der Waals surface area contributed by atoms with E-state index in [0.29, 0.717) is 19.1 Å². The Kier molecular flexibility index (Phi) is 6.62. The van der Waals surface area contributed by atoms with Gasteiger partial charge in [-0.25, -0.2) is 9.78 Å². The average molecular weight is 338 g/mol. The number of aromatic nitrogens is 2. The second kappa shape index (κ2) is 8.48. The van der Waals surface area contributed by atoms with Gasteiger partial charge < -0.3 is 19.8 Å². The largest absolute Gasteiger partial charge is 0.444 e. The number of likely N-dealkylation sites (tertiary alicyclic amines) is 1. The summed E-state index contributed by atoms with van der Waals surface area (Å²) < 4.78 is 10.7. The van der Waals surface area contributed by atoms with Crippen molar-refractivity contribution < 1.29 is 14.3 Å². The van der Waals surface area contributed by atoms with Gasteiger partial charge >= 0.3 is 6.09 Å². The van der Waals surface area contributed by atoms with Crippen LogP contribution >= 0.6 is 0 Å². The maximum absolute atomic E-state index is 11.9. The SMILES string of the molecule is COCC(CNC(=O)OC(C)(C)C)N1CCCC(c2ncc[nH]2)C1. The summed E-state index contributed by atoms with van der Waals surface area (Å²) in [4.78, 5) is 21.9. The van der Waals surface area contributed by atoms with E-state index in [0.717, 1.165) is 31.8 Å². The molecule has 1 saturated heterocycles. The van der Waals surface area contributed by atoms with Crippen LogP contribution in [-0.4, -0.2) is 66.0 Å². The third-order valence-electron chi connectivity index (χ3n) is 4.12. The Bertz CT molecular complexity index is 498. The molecule has 2 atom stereocenters. The number of piperidine rings is 1. The summed E-state index contributed by atoms with van der Waals surface area (Å²) in [7, 11) is 1.69. The monoisotopic (exact) mass is 338 g/mol. The Hall–Kier alpha value is -1.60. The van der Waals surface area contributed by atoms with Crippen molar-refractivity contribution in [3.63, 3.8) is 0 Å². The van der Waals surface area contributed by atoms with Crippen LogP contribution in [0.2, 0.25) is 0 Å². The van der Waals surface area contributed by atoms with Crippen LogP contribution in [0, 0.1) is 0 Å². The first kappa shape index (κ1) is 18.7. The molecule has 7 nitrogen and oxygen atoms in total. The van der Waals surface area contributed by atoms with Crippen molar-refractivity contribution >= 4 is 6.09 Å². The number of H-pyrrole nitrogens is 1. The standard InChI is InChI=1S/C17H30N4O3/c1-17(2,3)24-16(22)20-10-14(12-23-4)21-9-5-6-13(11-21)15-18-7-8-19-15/h7-8,13-14H,5-6,9-12H2,1-4H3,(H,18,19)(H,20,22). The molecule has 136 valence electrons. The Balaban J connectivity index is 1.90. The molecule has 1 aromatic rings. The number of ether oxygens (including phenoxy) is 2. The Morgan fingerprint density at radius 3 is 2.96 bits per heavy atom. The first-order chi connectivity index (χ1) is 11.4. The highest BCUT2D eigenvalue weighted by atomic mass is 16.6. The van der Waals surface area contributed by atoms with Gasteiger partial charge in [-0.15, -0.1) is 0 Å². The molecule has 2 unspecified atom stereocenters. The second-order valence-electron chi connectivity index (χ2n) is 7.30. The van der Waals surface area contributed by atoms with E-state index >= 15 is 0 Å². The number of hydrogen-bond donors (Lipinski definition) is 2. The fraction of sp³-hybridized carbons (Fsp3) is 0.765. The number of hydrogen-bond acceptors (Lipinski definition) is 5. The Morgan fingerprint density at radius 2 is 2.33 bits per heavy atom. The first-order valence-electron chi connectivity index (χ1n) is 8.58. The van der Waals surface area contributed by atoms with Crippen LogP contribution in [0.15, 0.2) is 12.4 Å². The van der Waals surface area contributed by atoms with Crippen molar-refractivity contribution in [2.45, 2.75) is 51.2 Å². The van der Waals surface area contributed by atoms with E-state index in [-0.39, 0.29) is 12.1 Å². The van der Waals surface area contributed by atoms with Crippen molar-refractivity contribution in [3.8, 4) is 0 Å². The topological polar surface area (TPSA) is 79.5 Å². The number of carbonyl (C=O) groups excluding carboxylic acids is 1. The van der Waals surface area contributed by atoms with Crippen LogP contribution in [-0.2, 0) is 9.47 Å². The molecule has 2 N–H and O–H groups in total. The van der Waals surface area contributed by atoms with E-state index in [1.807, 2.05) is 27.0 Å². The smallest absolute Gasteiger partial charge is 0.407 e. The molecule has 0 saturated carbocycles. The summed E-state index contributed by atoms with van der Waals surface area (Å²) in [5.41, 5.74) is -0.490. The summed E-state index contributed by atoms with van der Waals surface area (Å²) in [6.45, 7) is 8.57. The minimum atomic E-state index is -0.490. The number of nitrogens with one attached hydrogen (secondary N) is 2. The number of alkyl carbamates (subject to hydrolysis) is 1. The predicted octanol–water partition coefficient (Wildman–Crippen LogP) is 2.13. The lowest BCUT2D eigenvalue weighted by Crippen LogP contribution is -2.50. The summed E-state index contributed by atoms with van der Waals surface area (Å²) >= 11 is 0. The maximum Gasteiger partial charge on any atom is 0.407 e. The number of aromatic amines is 1. The molecular weight excluding hydrogens is 308 g/mol. The van der Waals surface area contributed by atoms with Gasteiger partial charge in [-0.2, -0.15) is 0 Å². The molecule has 0 aliphatic carbocycles. The molecule has 2 heterocycles. The first-order valence-corrected chi connectivity index (χ1v) is 8.58. The molecule has 1 aliphatic heterocycles. The fourth-order valence-electron chi connectivity index (χ4n) is 3.06. The lowest BCUT2D eigenvalue weighted by molar-refractivity contribution is 0.0432. The summed E-state index contributed by atoms with van der Waals surface area (Å²) in [5, 5.41) is 2.86. The molecule has 1 aromatic heterocycles. The summed E-state index contributed by atoms with van der Waals surface area (Å²) in [5.74, 6) is 1.44. The highest BCUT2D eigenvalue weighted by Crippen LogP contribution is 2.25. The summed E-state index contributed by atoms with van der Waals surface area (Å²) in [6.07, 6.45) is 5.51. The Morgan fingerprint density at radius 1 is 1.54 bits per heavy atom. The van der Waals surface area contributed by atoms with Crippen LogP contribution in [0.4, 0.5) is 4.79 Å². The molecule has 2 rings (SSSR count). The maximum atomic E-state index is 11.9. The third kappa shape index (κ3) is 5.79. The molecule has 1 amide bonds. The van der Waals surface area contributed by atoms with Gasteiger partial charge in [0.15, 0.2) is 0 Å². The zero-order valence-electron chi connectivity index (χ0n) is 15.2. The average Bonchev–Trinajstić information content (AvgIpc) is 3.04. The van der Waals surface area contributed by atoms with Gasteiger partial charge in [0, 0.05) is 38.5 Å².